The molecule has 0 radical (unpaired) electrons. The molecule has 0 spiro atoms. The first kappa shape index (κ1) is 14.2. The quantitative estimate of drug-likeness (QED) is 0.802. The predicted molar refractivity (Wildman–Crippen MR) is 81.5 cm³/mol. The van der Waals surface area contributed by atoms with E-state index in [-0.39, 0.29) is 5.91 Å². The van der Waals surface area contributed by atoms with Crippen molar-refractivity contribution in [2.24, 2.45) is 17.8 Å². The summed E-state index contributed by atoms with van der Waals surface area (Å²) in [6.07, 6.45) is 8.30. The van der Waals surface area contributed by atoms with Gasteiger partial charge in [-0.25, -0.2) is 9.97 Å². The third kappa shape index (κ3) is 2.99. The van der Waals surface area contributed by atoms with Crippen molar-refractivity contribution in [2.75, 3.05) is 13.1 Å². The Morgan fingerprint density at radius 1 is 1.33 bits per heavy atom. The second kappa shape index (κ2) is 5.96. The highest BCUT2D eigenvalue weighted by Crippen LogP contribution is 2.41. The van der Waals surface area contributed by atoms with Crippen LogP contribution in [0.5, 0.6) is 0 Å². The summed E-state index contributed by atoms with van der Waals surface area (Å²) >= 11 is 0. The van der Waals surface area contributed by atoms with Crippen LogP contribution >= 0.6 is 0 Å². The fourth-order valence-electron chi connectivity index (χ4n) is 3.95. The van der Waals surface area contributed by atoms with Crippen molar-refractivity contribution in [3.05, 3.63) is 36.4 Å². The summed E-state index contributed by atoms with van der Waals surface area (Å²) in [5.74, 6) is 2.92. The van der Waals surface area contributed by atoms with Gasteiger partial charge in [0, 0.05) is 37.5 Å². The van der Waals surface area contributed by atoms with E-state index < -0.39 is 0 Å². The topological polar surface area (TPSA) is 46.1 Å². The van der Waals surface area contributed by atoms with Crippen LogP contribution in [0.2, 0.25) is 0 Å². The van der Waals surface area contributed by atoms with Crippen molar-refractivity contribution in [1.82, 2.24) is 14.9 Å². The maximum Gasteiger partial charge on any atom is 0.248 e. The molecule has 2 aliphatic rings. The van der Waals surface area contributed by atoms with Gasteiger partial charge in [-0.3, -0.25) is 4.79 Å². The summed E-state index contributed by atoms with van der Waals surface area (Å²) in [5.41, 5.74) is 0.650. The molecule has 0 bridgehead atoms. The first-order chi connectivity index (χ1) is 10.1. The number of fused-ring (bicyclic) bond motifs is 1. The van der Waals surface area contributed by atoms with Crippen LogP contribution in [-0.2, 0) is 11.2 Å². The molecule has 1 aliphatic carbocycles. The molecule has 2 fully saturated rings. The third-order valence-corrected chi connectivity index (χ3v) is 4.96. The van der Waals surface area contributed by atoms with E-state index in [1.165, 1.54) is 19.3 Å². The van der Waals surface area contributed by atoms with Crippen LogP contribution in [0, 0.1) is 17.8 Å². The van der Waals surface area contributed by atoms with E-state index in [1.54, 1.807) is 6.92 Å². The summed E-state index contributed by atoms with van der Waals surface area (Å²) in [4.78, 5) is 22.9. The highest BCUT2D eigenvalue weighted by molar-refractivity contribution is 5.92. The van der Waals surface area contributed by atoms with Crippen molar-refractivity contribution < 1.29 is 4.79 Å². The van der Waals surface area contributed by atoms with E-state index in [0.29, 0.717) is 23.3 Å². The molecule has 21 heavy (non-hydrogen) atoms. The van der Waals surface area contributed by atoms with Crippen LogP contribution in [0.25, 0.3) is 0 Å². The summed E-state index contributed by atoms with van der Waals surface area (Å²) in [5, 5.41) is 0. The number of carbonyl (C=O) groups excluding carboxylic acids is 1. The molecular formula is C17H23N3O. The zero-order valence-electron chi connectivity index (χ0n) is 12.7. The number of hydrogen-bond donors (Lipinski definition) is 0. The molecule has 0 unspecified atom stereocenters. The Morgan fingerprint density at radius 2 is 2.10 bits per heavy atom. The van der Waals surface area contributed by atoms with Crippen molar-refractivity contribution in [3.63, 3.8) is 0 Å². The van der Waals surface area contributed by atoms with Crippen LogP contribution in [0.4, 0.5) is 0 Å². The van der Waals surface area contributed by atoms with Crippen LogP contribution in [0.1, 0.15) is 32.0 Å². The molecule has 1 aromatic heterocycles. The van der Waals surface area contributed by atoms with Crippen molar-refractivity contribution in [2.45, 2.75) is 32.6 Å². The highest BCUT2D eigenvalue weighted by Gasteiger charge is 2.41. The number of aromatic nitrogens is 2. The molecule has 0 N–H and O–H groups in total. The van der Waals surface area contributed by atoms with E-state index in [4.69, 9.17) is 0 Å². The molecular weight excluding hydrogens is 262 g/mol. The zero-order chi connectivity index (χ0) is 14.8. The SMILES string of the molecule is C=C(C)C(=O)N1C[C@H]2CCC[C@H](Cc3ncccn3)[C@H]2C1. The molecule has 4 nitrogen and oxygen atoms in total. The minimum absolute atomic E-state index is 0.124. The Balaban J connectivity index is 1.70. The van der Waals surface area contributed by atoms with Crippen LogP contribution < -0.4 is 0 Å². The summed E-state index contributed by atoms with van der Waals surface area (Å²) < 4.78 is 0. The summed E-state index contributed by atoms with van der Waals surface area (Å²) in [6.45, 7) is 7.39. The Bertz CT molecular complexity index is 528. The number of nitrogens with zero attached hydrogens (tertiary/aromatic N) is 3. The number of carbonyl (C=O) groups is 1. The van der Waals surface area contributed by atoms with E-state index >= 15 is 0 Å². The van der Waals surface area contributed by atoms with E-state index in [1.807, 2.05) is 23.4 Å². The molecule has 1 aliphatic heterocycles. The van der Waals surface area contributed by atoms with Gasteiger partial charge in [0.2, 0.25) is 5.91 Å². The summed E-state index contributed by atoms with van der Waals surface area (Å²) in [7, 11) is 0. The van der Waals surface area contributed by atoms with Gasteiger partial charge in [-0.1, -0.05) is 13.0 Å². The van der Waals surface area contributed by atoms with E-state index in [2.05, 4.69) is 16.5 Å². The van der Waals surface area contributed by atoms with Crippen LogP contribution in [0.15, 0.2) is 30.6 Å². The lowest BCUT2D eigenvalue weighted by molar-refractivity contribution is -0.126. The van der Waals surface area contributed by atoms with Gasteiger partial charge in [0.1, 0.15) is 5.82 Å². The molecule has 1 amide bonds. The molecule has 0 aromatic carbocycles. The number of likely N-dealkylation sites (tertiary alicyclic amines) is 1. The van der Waals surface area contributed by atoms with Gasteiger partial charge < -0.3 is 4.90 Å². The Labute approximate surface area is 126 Å². The second-order valence-electron chi connectivity index (χ2n) is 6.47. The molecule has 1 aromatic rings. The Hall–Kier alpha value is -1.71. The molecule has 4 heteroatoms. The van der Waals surface area contributed by atoms with Gasteiger partial charge in [-0.15, -0.1) is 0 Å². The predicted octanol–water partition coefficient (Wildman–Crippen LogP) is 2.47. The lowest BCUT2D eigenvalue weighted by atomic mass is 9.72. The molecule has 3 rings (SSSR count). The molecule has 1 saturated heterocycles. The fraction of sp³-hybridized carbons (Fsp3) is 0.588. The van der Waals surface area contributed by atoms with E-state index in [9.17, 15) is 4.79 Å². The average Bonchev–Trinajstić information content (AvgIpc) is 2.92. The molecule has 1 saturated carbocycles. The molecule has 3 atom stereocenters. The smallest absolute Gasteiger partial charge is 0.248 e. The maximum atomic E-state index is 12.2. The average molecular weight is 285 g/mol. The van der Waals surface area contributed by atoms with Crippen molar-refractivity contribution in [3.8, 4) is 0 Å². The number of hydrogen-bond acceptors (Lipinski definition) is 3. The number of rotatable bonds is 3. The van der Waals surface area contributed by atoms with Crippen LogP contribution in [-0.4, -0.2) is 33.9 Å². The zero-order valence-corrected chi connectivity index (χ0v) is 12.7. The summed E-state index contributed by atoms with van der Waals surface area (Å²) in [6, 6.07) is 1.86. The Morgan fingerprint density at radius 3 is 2.81 bits per heavy atom. The molecule has 2 heterocycles. The van der Waals surface area contributed by atoms with Gasteiger partial charge in [-0.2, -0.15) is 0 Å². The van der Waals surface area contributed by atoms with Crippen molar-refractivity contribution in [1.29, 1.82) is 0 Å². The van der Waals surface area contributed by atoms with Crippen LogP contribution in [0.3, 0.4) is 0 Å². The van der Waals surface area contributed by atoms with Gasteiger partial charge in [0.15, 0.2) is 0 Å². The van der Waals surface area contributed by atoms with Gasteiger partial charge in [0.25, 0.3) is 0 Å². The van der Waals surface area contributed by atoms with Crippen molar-refractivity contribution >= 4 is 5.91 Å². The minimum atomic E-state index is 0.124. The largest absolute Gasteiger partial charge is 0.338 e. The second-order valence-corrected chi connectivity index (χ2v) is 6.47. The minimum Gasteiger partial charge on any atom is -0.338 e. The van der Waals surface area contributed by atoms with E-state index in [0.717, 1.165) is 25.3 Å². The highest BCUT2D eigenvalue weighted by atomic mass is 16.2. The lowest BCUT2D eigenvalue weighted by Crippen LogP contribution is -2.31. The van der Waals surface area contributed by atoms with Gasteiger partial charge >= 0.3 is 0 Å². The number of amides is 1. The van der Waals surface area contributed by atoms with Gasteiger partial charge in [-0.05, 0) is 43.6 Å². The molecule has 112 valence electrons. The third-order valence-electron chi connectivity index (χ3n) is 4.96. The lowest BCUT2D eigenvalue weighted by Gasteiger charge is -2.32. The normalized spacial score (nSPS) is 28.2. The first-order valence-electron chi connectivity index (χ1n) is 7.86. The first-order valence-corrected chi connectivity index (χ1v) is 7.86. The fourth-order valence-corrected chi connectivity index (χ4v) is 3.95. The maximum absolute atomic E-state index is 12.2. The van der Waals surface area contributed by atoms with Gasteiger partial charge in [0.05, 0.1) is 0 Å². The standard InChI is InChI=1S/C17H23N3O/c1-12(2)17(21)20-10-14-6-3-5-13(15(14)11-20)9-16-18-7-4-8-19-16/h4,7-8,13-15H,1,3,5-6,9-11H2,2H3/t13-,14-,15-/m1/s1. The Kier molecular flexibility index (Phi) is 4.04. The monoisotopic (exact) mass is 285 g/mol.